The van der Waals surface area contributed by atoms with Gasteiger partial charge in [-0.2, -0.15) is 16.8 Å². The predicted molar refractivity (Wildman–Crippen MR) is 181 cm³/mol. The lowest BCUT2D eigenvalue weighted by molar-refractivity contribution is 0.0696. The first-order valence-corrected chi connectivity index (χ1v) is 19.3. The first kappa shape index (κ1) is 33.3. The molecule has 47 heavy (non-hydrogen) atoms. The number of fused-ring (bicyclic) bond motifs is 4. The lowest BCUT2D eigenvalue weighted by atomic mass is 9.67. The molecule has 6 rings (SSSR count). The summed E-state index contributed by atoms with van der Waals surface area (Å²) in [6, 6.07) is 15.9. The number of carboxylic acids is 1. The van der Waals surface area contributed by atoms with E-state index in [9.17, 15) is 35.8 Å². The Kier molecular flexibility index (Phi) is 8.84. The highest BCUT2D eigenvalue weighted by molar-refractivity contribution is 7.86. The Morgan fingerprint density at radius 2 is 1.57 bits per heavy atom. The van der Waals surface area contributed by atoms with Crippen molar-refractivity contribution in [2.24, 2.45) is 0 Å². The van der Waals surface area contributed by atoms with Crippen LogP contribution in [0.15, 0.2) is 48.5 Å². The van der Waals surface area contributed by atoms with Gasteiger partial charge in [0.2, 0.25) is 5.36 Å². The van der Waals surface area contributed by atoms with Crippen LogP contribution in [0.3, 0.4) is 0 Å². The fraction of sp³-hybridized carbons (Fsp3) is 0.429. The molecule has 12 heteroatoms. The van der Waals surface area contributed by atoms with Gasteiger partial charge in [-0.15, -0.1) is 0 Å². The molecule has 0 unspecified atom stereocenters. The number of aromatic carboxylic acids is 1. The first-order valence-electron chi connectivity index (χ1n) is 16.1. The summed E-state index contributed by atoms with van der Waals surface area (Å²) >= 11 is 0. The maximum absolute atomic E-state index is 12.6. The van der Waals surface area contributed by atoms with Crippen molar-refractivity contribution in [2.75, 3.05) is 42.6 Å². The van der Waals surface area contributed by atoms with Crippen molar-refractivity contribution >= 4 is 37.5 Å². The average molecular weight is 682 g/mol. The summed E-state index contributed by atoms with van der Waals surface area (Å²) in [4.78, 5) is 14.7. The summed E-state index contributed by atoms with van der Waals surface area (Å²) in [6.07, 6.45) is 4.04. The normalized spacial score (nSPS) is 17.1. The smallest absolute Gasteiger partial charge is 0.336 e. The lowest BCUT2D eigenvalue weighted by Gasteiger charge is -2.39. The van der Waals surface area contributed by atoms with Crippen LogP contribution in [0.2, 0.25) is 0 Å². The van der Waals surface area contributed by atoms with Crippen molar-refractivity contribution in [1.29, 1.82) is 0 Å². The van der Waals surface area contributed by atoms with Crippen molar-refractivity contribution in [3.05, 3.63) is 98.1 Å². The van der Waals surface area contributed by atoms with Gasteiger partial charge in [0, 0.05) is 48.7 Å². The SMILES string of the molecule is CC1(C)c2cc3c(cc2C(c2ccccc2C(=O)O)=c2cc4c(cc21)=[N+](CCCS(=O)(=O)O)CCC4)CCCN3CCCS(=O)(=O)O. The van der Waals surface area contributed by atoms with Crippen LogP contribution in [-0.2, 0) is 38.5 Å². The van der Waals surface area contributed by atoms with Gasteiger partial charge in [0.15, 0.2) is 0 Å². The highest BCUT2D eigenvalue weighted by Crippen LogP contribution is 2.44. The summed E-state index contributed by atoms with van der Waals surface area (Å²) in [7, 11) is -8.13. The number of benzene rings is 3. The molecular formula is C35H41N2O8S2+. The van der Waals surface area contributed by atoms with E-state index in [4.69, 9.17) is 0 Å². The largest absolute Gasteiger partial charge is 0.478 e. The van der Waals surface area contributed by atoms with Gasteiger partial charge in [-0.05, 0) is 88.6 Å². The van der Waals surface area contributed by atoms with E-state index < -0.39 is 31.6 Å². The van der Waals surface area contributed by atoms with E-state index in [0.29, 0.717) is 31.5 Å². The molecule has 2 aliphatic heterocycles. The third-order valence-corrected chi connectivity index (χ3v) is 11.4. The lowest BCUT2D eigenvalue weighted by Crippen LogP contribution is -2.44. The van der Waals surface area contributed by atoms with Gasteiger partial charge in [-0.25, -0.2) is 9.37 Å². The molecule has 250 valence electrons. The number of hydrogen-bond acceptors (Lipinski definition) is 6. The summed E-state index contributed by atoms with van der Waals surface area (Å²) in [5, 5.41) is 12.3. The Morgan fingerprint density at radius 1 is 0.872 bits per heavy atom. The Hall–Kier alpha value is -3.58. The van der Waals surface area contributed by atoms with Crippen LogP contribution in [0.1, 0.15) is 83.3 Å². The van der Waals surface area contributed by atoms with E-state index in [2.05, 4.69) is 47.6 Å². The molecule has 0 saturated heterocycles. The second-order valence-electron chi connectivity index (χ2n) is 13.4. The maximum Gasteiger partial charge on any atom is 0.336 e. The highest BCUT2D eigenvalue weighted by Gasteiger charge is 2.37. The summed E-state index contributed by atoms with van der Waals surface area (Å²) in [6.45, 7) is 6.82. The zero-order valence-electron chi connectivity index (χ0n) is 26.7. The second-order valence-corrected chi connectivity index (χ2v) is 16.5. The van der Waals surface area contributed by atoms with Crippen molar-refractivity contribution < 1.29 is 35.8 Å². The molecule has 0 spiro atoms. The monoisotopic (exact) mass is 681 g/mol. The number of carbonyl (C=O) groups is 1. The highest BCUT2D eigenvalue weighted by atomic mass is 32.2. The van der Waals surface area contributed by atoms with Gasteiger partial charge in [0.25, 0.3) is 20.2 Å². The molecule has 0 aromatic heterocycles. The number of anilines is 1. The second kappa shape index (κ2) is 12.5. The molecule has 3 aromatic carbocycles. The topological polar surface area (TPSA) is 152 Å². The minimum atomic E-state index is -4.07. The number of rotatable bonds is 10. The fourth-order valence-corrected chi connectivity index (χ4v) is 8.66. The molecule has 10 nitrogen and oxygen atoms in total. The Labute approximate surface area is 275 Å². The molecule has 0 radical (unpaired) electrons. The van der Waals surface area contributed by atoms with Gasteiger partial charge in [0.1, 0.15) is 13.1 Å². The van der Waals surface area contributed by atoms with Gasteiger partial charge < -0.3 is 10.0 Å². The van der Waals surface area contributed by atoms with Crippen molar-refractivity contribution in [3.8, 4) is 0 Å². The van der Waals surface area contributed by atoms with Crippen LogP contribution in [0.5, 0.6) is 0 Å². The maximum atomic E-state index is 12.6. The minimum absolute atomic E-state index is 0.216. The molecule has 0 amide bonds. The van der Waals surface area contributed by atoms with Crippen LogP contribution in [-0.4, -0.2) is 74.7 Å². The predicted octanol–water partition coefficient (Wildman–Crippen LogP) is 3.02. The number of aryl methyl sites for hydroxylation is 2. The third kappa shape index (κ3) is 6.74. The van der Waals surface area contributed by atoms with Crippen molar-refractivity contribution in [1.82, 2.24) is 4.58 Å². The zero-order valence-corrected chi connectivity index (χ0v) is 28.3. The number of nitrogens with zero attached hydrogens (tertiary/aromatic N) is 2. The standard InChI is InChI=1S/C35H40N2O8S2/c1-35(2)29-21-31-23(9-5-13-36(31)15-7-17-46(40,41)42)19-27(29)33(25-11-3-4-12-26(25)34(38)39)28-20-24-10-6-14-37(32(24)22-30(28)35)16-8-18-47(43,44)45/h3-4,11-12,19-22H,5-10,13-18H2,1-2H3,(H2-,38,39,40,41,42,43,44,45)/p+1. The molecule has 0 atom stereocenters. The van der Waals surface area contributed by atoms with E-state index in [1.807, 2.05) is 12.1 Å². The van der Waals surface area contributed by atoms with E-state index in [-0.39, 0.29) is 17.1 Å². The molecule has 3 aromatic rings. The zero-order chi connectivity index (χ0) is 33.7. The van der Waals surface area contributed by atoms with Crippen LogP contribution < -0.4 is 20.1 Å². The Morgan fingerprint density at radius 3 is 2.30 bits per heavy atom. The quantitative estimate of drug-likeness (QED) is 0.217. The Bertz CT molecular complexity index is 2120. The summed E-state index contributed by atoms with van der Waals surface area (Å²) in [5.74, 6) is -1.62. The van der Waals surface area contributed by atoms with Crippen molar-refractivity contribution in [2.45, 2.75) is 57.8 Å². The van der Waals surface area contributed by atoms with Crippen LogP contribution in [0.4, 0.5) is 5.69 Å². The van der Waals surface area contributed by atoms with E-state index in [1.54, 1.807) is 12.1 Å². The van der Waals surface area contributed by atoms with Crippen LogP contribution >= 0.6 is 0 Å². The van der Waals surface area contributed by atoms with Crippen LogP contribution in [0, 0.1) is 0 Å². The van der Waals surface area contributed by atoms with Crippen molar-refractivity contribution in [3.63, 3.8) is 0 Å². The molecule has 0 saturated carbocycles. The Balaban J connectivity index is 1.60. The summed E-state index contributed by atoms with van der Waals surface area (Å²) in [5.41, 5.74) is 7.53. The fourth-order valence-electron chi connectivity index (χ4n) is 7.67. The third-order valence-electron chi connectivity index (χ3n) is 9.84. The molecular weight excluding hydrogens is 641 g/mol. The number of carboxylic acid groups (broad SMARTS) is 1. The molecule has 0 fully saturated rings. The van der Waals surface area contributed by atoms with Gasteiger partial charge in [0.05, 0.1) is 17.1 Å². The molecule has 0 bridgehead atoms. The summed E-state index contributed by atoms with van der Waals surface area (Å²) < 4.78 is 66.6. The molecule has 2 heterocycles. The molecule has 1 aliphatic carbocycles. The van der Waals surface area contributed by atoms with E-state index >= 15 is 0 Å². The van der Waals surface area contributed by atoms with Gasteiger partial charge in [-0.1, -0.05) is 32.0 Å². The van der Waals surface area contributed by atoms with Gasteiger partial charge >= 0.3 is 5.97 Å². The minimum Gasteiger partial charge on any atom is -0.478 e. The van der Waals surface area contributed by atoms with Crippen LogP contribution in [0.25, 0.3) is 5.57 Å². The van der Waals surface area contributed by atoms with E-state index in [1.165, 1.54) is 0 Å². The average Bonchev–Trinajstić information content (AvgIpc) is 2.99. The molecule has 3 aliphatic rings. The van der Waals surface area contributed by atoms with Gasteiger partial charge in [-0.3, -0.25) is 9.11 Å². The number of hydrogen-bond donors (Lipinski definition) is 3. The first-order chi connectivity index (χ1) is 22.1. The molecule has 3 N–H and O–H groups in total. The van der Waals surface area contributed by atoms with E-state index in [0.717, 1.165) is 88.4 Å².